The Morgan fingerprint density at radius 2 is 2.00 bits per heavy atom. The third-order valence-corrected chi connectivity index (χ3v) is 4.46. The first-order valence-electron chi connectivity index (χ1n) is 6.23. The number of rotatable bonds is 2. The SMILES string of the molecule is Cc1nc2cc(Nc3ccc(C)c(Cl)c3)c(N)cc2s1. The molecule has 1 aromatic heterocycles. The fourth-order valence-electron chi connectivity index (χ4n) is 2.04. The molecule has 1 heterocycles. The van der Waals surface area contributed by atoms with Crippen molar-refractivity contribution in [3.05, 3.63) is 45.9 Å². The van der Waals surface area contributed by atoms with Gasteiger partial charge in [0.05, 0.1) is 26.6 Å². The molecule has 102 valence electrons. The third-order valence-electron chi connectivity index (χ3n) is 3.12. The molecule has 0 saturated carbocycles. The number of hydrogen-bond donors (Lipinski definition) is 2. The lowest BCUT2D eigenvalue weighted by Gasteiger charge is -2.10. The maximum atomic E-state index is 6.14. The van der Waals surface area contributed by atoms with Gasteiger partial charge in [0.1, 0.15) is 0 Å². The van der Waals surface area contributed by atoms with E-state index in [4.69, 9.17) is 17.3 Å². The van der Waals surface area contributed by atoms with Gasteiger partial charge in [-0.05, 0) is 43.7 Å². The van der Waals surface area contributed by atoms with Gasteiger partial charge in [-0.15, -0.1) is 11.3 Å². The van der Waals surface area contributed by atoms with Gasteiger partial charge >= 0.3 is 0 Å². The average Bonchev–Trinajstić information content (AvgIpc) is 2.73. The van der Waals surface area contributed by atoms with Crippen LogP contribution in [0.5, 0.6) is 0 Å². The number of benzene rings is 2. The standard InChI is InChI=1S/C15H14ClN3S/c1-8-3-4-10(5-11(8)16)19-13-7-14-15(6-12(13)17)20-9(2)18-14/h3-7,19H,17H2,1-2H3. The monoisotopic (exact) mass is 303 g/mol. The smallest absolute Gasteiger partial charge is 0.0907 e. The Labute approximate surface area is 126 Å². The first-order chi connectivity index (χ1) is 9.52. The van der Waals surface area contributed by atoms with Crippen molar-refractivity contribution in [2.75, 3.05) is 11.1 Å². The molecule has 0 aliphatic carbocycles. The minimum atomic E-state index is 0.706. The number of halogens is 1. The fourth-order valence-corrected chi connectivity index (χ4v) is 3.08. The summed E-state index contributed by atoms with van der Waals surface area (Å²) in [6.07, 6.45) is 0. The Hall–Kier alpha value is -1.78. The summed E-state index contributed by atoms with van der Waals surface area (Å²) in [6, 6.07) is 9.79. The summed E-state index contributed by atoms with van der Waals surface area (Å²) in [5.74, 6) is 0. The lowest BCUT2D eigenvalue weighted by Crippen LogP contribution is -1.96. The van der Waals surface area contributed by atoms with Crippen molar-refractivity contribution < 1.29 is 0 Å². The fraction of sp³-hybridized carbons (Fsp3) is 0.133. The molecule has 5 heteroatoms. The van der Waals surface area contributed by atoms with Gasteiger partial charge in [-0.3, -0.25) is 0 Å². The lowest BCUT2D eigenvalue weighted by molar-refractivity contribution is 1.35. The number of nitrogen functional groups attached to an aromatic ring is 1. The molecule has 0 aliphatic heterocycles. The normalized spacial score (nSPS) is 10.9. The molecule has 0 aliphatic rings. The summed E-state index contributed by atoms with van der Waals surface area (Å²) in [7, 11) is 0. The van der Waals surface area contributed by atoms with Gasteiger partial charge in [-0.2, -0.15) is 0 Å². The van der Waals surface area contributed by atoms with E-state index in [2.05, 4.69) is 10.3 Å². The molecular weight excluding hydrogens is 290 g/mol. The van der Waals surface area contributed by atoms with Gasteiger partial charge in [-0.1, -0.05) is 17.7 Å². The number of anilines is 3. The van der Waals surface area contributed by atoms with E-state index in [0.717, 1.165) is 37.2 Å². The summed E-state index contributed by atoms with van der Waals surface area (Å²) < 4.78 is 1.10. The van der Waals surface area contributed by atoms with E-state index in [9.17, 15) is 0 Å². The topological polar surface area (TPSA) is 50.9 Å². The lowest BCUT2D eigenvalue weighted by atomic mass is 10.2. The zero-order valence-corrected chi connectivity index (χ0v) is 12.8. The maximum Gasteiger partial charge on any atom is 0.0907 e. The quantitative estimate of drug-likeness (QED) is 0.663. The van der Waals surface area contributed by atoms with Crippen molar-refractivity contribution in [2.45, 2.75) is 13.8 Å². The predicted molar refractivity (Wildman–Crippen MR) is 88.2 cm³/mol. The van der Waals surface area contributed by atoms with E-state index in [0.29, 0.717) is 5.69 Å². The van der Waals surface area contributed by atoms with Crippen molar-refractivity contribution in [3.8, 4) is 0 Å². The minimum Gasteiger partial charge on any atom is -0.397 e. The van der Waals surface area contributed by atoms with Crippen molar-refractivity contribution in [3.63, 3.8) is 0 Å². The highest BCUT2D eigenvalue weighted by molar-refractivity contribution is 7.18. The first-order valence-corrected chi connectivity index (χ1v) is 7.42. The number of aromatic nitrogens is 1. The van der Waals surface area contributed by atoms with Gasteiger partial charge in [0.25, 0.3) is 0 Å². The van der Waals surface area contributed by atoms with E-state index in [1.54, 1.807) is 11.3 Å². The van der Waals surface area contributed by atoms with Crippen LogP contribution in [-0.2, 0) is 0 Å². The van der Waals surface area contributed by atoms with Crippen LogP contribution in [0.1, 0.15) is 10.6 Å². The molecule has 0 radical (unpaired) electrons. The Bertz CT molecular complexity index is 795. The second-order valence-corrected chi connectivity index (χ2v) is 6.37. The molecule has 3 aromatic rings. The van der Waals surface area contributed by atoms with Crippen LogP contribution in [0.3, 0.4) is 0 Å². The highest BCUT2D eigenvalue weighted by atomic mass is 35.5. The van der Waals surface area contributed by atoms with Crippen LogP contribution in [0, 0.1) is 13.8 Å². The van der Waals surface area contributed by atoms with Gasteiger partial charge in [0.15, 0.2) is 0 Å². The van der Waals surface area contributed by atoms with Crippen molar-refractivity contribution in [2.24, 2.45) is 0 Å². The van der Waals surface area contributed by atoms with Gasteiger partial charge in [-0.25, -0.2) is 4.98 Å². The van der Waals surface area contributed by atoms with E-state index in [1.165, 1.54) is 0 Å². The van der Waals surface area contributed by atoms with Crippen LogP contribution < -0.4 is 11.1 Å². The molecule has 0 fully saturated rings. The van der Waals surface area contributed by atoms with Gasteiger partial charge < -0.3 is 11.1 Å². The molecule has 0 amide bonds. The number of thiazole rings is 1. The number of fused-ring (bicyclic) bond motifs is 1. The van der Waals surface area contributed by atoms with Crippen LogP contribution >= 0.6 is 22.9 Å². The second-order valence-electron chi connectivity index (χ2n) is 4.73. The van der Waals surface area contributed by atoms with Gasteiger partial charge in [0, 0.05) is 10.7 Å². The second kappa shape index (κ2) is 4.96. The van der Waals surface area contributed by atoms with E-state index in [1.807, 2.05) is 44.2 Å². The molecule has 0 saturated heterocycles. The van der Waals surface area contributed by atoms with Crippen LogP contribution in [0.25, 0.3) is 10.2 Å². The predicted octanol–water partition coefficient (Wildman–Crippen LogP) is 4.89. The zero-order chi connectivity index (χ0) is 14.3. The number of nitrogens with two attached hydrogens (primary N) is 1. The van der Waals surface area contributed by atoms with E-state index < -0.39 is 0 Å². The highest BCUT2D eigenvalue weighted by Crippen LogP contribution is 2.32. The Morgan fingerprint density at radius 3 is 2.75 bits per heavy atom. The van der Waals surface area contributed by atoms with Crippen molar-refractivity contribution in [1.82, 2.24) is 4.98 Å². The molecule has 0 unspecified atom stereocenters. The number of hydrogen-bond acceptors (Lipinski definition) is 4. The van der Waals surface area contributed by atoms with Crippen molar-refractivity contribution >= 4 is 50.2 Å². The molecule has 0 bridgehead atoms. The number of nitrogens with zero attached hydrogens (tertiary/aromatic N) is 1. The molecule has 20 heavy (non-hydrogen) atoms. The molecule has 0 atom stereocenters. The Morgan fingerprint density at radius 1 is 1.20 bits per heavy atom. The Kier molecular flexibility index (Phi) is 3.28. The number of nitrogens with one attached hydrogen (secondary N) is 1. The zero-order valence-electron chi connectivity index (χ0n) is 11.2. The van der Waals surface area contributed by atoms with Crippen LogP contribution in [0.15, 0.2) is 30.3 Å². The van der Waals surface area contributed by atoms with Crippen LogP contribution in [-0.4, -0.2) is 4.98 Å². The van der Waals surface area contributed by atoms with Gasteiger partial charge in [0.2, 0.25) is 0 Å². The molecule has 3 nitrogen and oxygen atoms in total. The summed E-state index contributed by atoms with van der Waals surface area (Å²) in [5.41, 5.74) is 10.6. The third kappa shape index (κ3) is 2.44. The highest BCUT2D eigenvalue weighted by Gasteiger charge is 2.07. The Balaban J connectivity index is 2.00. The van der Waals surface area contributed by atoms with Crippen LogP contribution in [0.2, 0.25) is 5.02 Å². The molecule has 0 spiro atoms. The van der Waals surface area contributed by atoms with Crippen LogP contribution in [0.4, 0.5) is 17.1 Å². The largest absolute Gasteiger partial charge is 0.397 e. The summed E-state index contributed by atoms with van der Waals surface area (Å²) in [5, 5.41) is 5.07. The van der Waals surface area contributed by atoms with E-state index in [-0.39, 0.29) is 0 Å². The molecule has 2 aromatic carbocycles. The van der Waals surface area contributed by atoms with Crippen molar-refractivity contribution in [1.29, 1.82) is 0 Å². The summed E-state index contributed by atoms with van der Waals surface area (Å²) >= 11 is 7.78. The minimum absolute atomic E-state index is 0.706. The maximum absolute atomic E-state index is 6.14. The van der Waals surface area contributed by atoms with E-state index >= 15 is 0 Å². The molecular formula is C15H14ClN3S. The summed E-state index contributed by atoms with van der Waals surface area (Å²) in [4.78, 5) is 4.49. The average molecular weight is 304 g/mol. The summed E-state index contributed by atoms with van der Waals surface area (Å²) in [6.45, 7) is 3.97. The molecule has 3 N–H and O–H groups in total. The molecule has 3 rings (SSSR count). The number of aryl methyl sites for hydroxylation is 2. The first kappa shape index (κ1) is 13.2.